The second-order valence-corrected chi connectivity index (χ2v) is 7.78. The van der Waals surface area contributed by atoms with Crippen LogP contribution in [-0.2, 0) is 27.2 Å². The maximum absolute atomic E-state index is 12.8. The van der Waals surface area contributed by atoms with Crippen molar-refractivity contribution in [3.8, 4) is 0 Å². The van der Waals surface area contributed by atoms with Crippen molar-refractivity contribution in [1.29, 1.82) is 0 Å². The fraction of sp³-hybridized carbons (Fsp3) is 0.192. The second kappa shape index (κ2) is 9.47. The lowest BCUT2D eigenvalue weighted by Crippen LogP contribution is -2.38. The Morgan fingerprint density at radius 3 is 2.44 bits per heavy atom. The molecule has 0 aromatic heterocycles. The van der Waals surface area contributed by atoms with Crippen molar-refractivity contribution in [1.82, 2.24) is 0 Å². The molecule has 0 radical (unpaired) electrons. The van der Waals surface area contributed by atoms with E-state index in [9.17, 15) is 14.4 Å². The molecule has 162 valence electrons. The van der Waals surface area contributed by atoms with Gasteiger partial charge >= 0.3 is 5.97 Å². The van der Waals surface area contributed by atoms with Gasteiger partial charge in [0.2, 0.25) is 5.91 Å². The average molecular weight is 428 g/mol. The van der Waals surface area contributed by atoms with Gasteiger partial charge in [0.25, 0.3) is 5.91 Å². The zero-order chi connectivity index (χ0) is 22.5. The molecule has 0 spiro atoms. The minimum Gasteiger partial charge on any atom is -0.452 e. The van der Waals surface area contributed by atoms with E-state index in [-0.39, 0.29) is 36.4 Å². The summed E-state index contributed by atoms with van der Waals surface area (Å²) in [5.74, 6) is -1.18. The van der Waals surface area contributed by atoms with E-state index in [2.05, 4.69) is 5.32 Å². The fourth-order valence-corrected chi connectivity index (χ4v) is 3.97. The number of para-hydroxylation sites is 2. The number of esters is 1. The first-order chi connectivity index (χ1) is 15.5. The minimum absolute atomic E-state index is 0.00293. The van der Waals surface area contributed by atoms with Crippen molar-refractivity contribution in [2.45, 2.75) is 25.8 Å². The first-order valence-electron chi connectivity index (χ1n) is 10.5. The number of rotatable bonds is 6. The van der Waals surface area contributed by atoms with Crippen molar-refractivity contribution in [3.63, 3.8) is 0 Å². The molecule has 2 amide bonds. The van der Waals surface area contributed by atoms with Crippen LogP contribution >= 0.6 is 0 Å². The summed E-state index contributed by atoms with van der Waals surface area (Å²) in [4.78, 5) is 39.6. The molecule has 0 bridgehead atoms. The predicted octanol–water partition coefficient (Wildman–Crippen LogP) is 4.00. The predicted molar refractivity (Wildman–Crippen MR) is 123 cm³/mol. The van der Waals surface area contributed by atoms with Crippen molar-refractivity contribution >= 4 is 29.2 Å². The molecule has 1 N–H and O–H groups in total. The maximum Gasteiger partial charge on any atom is 0.340 e. The van der Waals surface area contributed by atoms with Crippen LogP contribution in [0.4, 0.5) is 11.4 Å². The van der Waals surface area contributed by atoms with E-state index < -0.39 is 5.97 Å². The molecule has 32 heavy (non-hydrogen) atoms. The topological polar surface area (TPSA) is 75.7 Å². The monoisotopic (exact) mass is 428 g/mol. The number of amides is 2. The van der Waals surface area contributed by atoms with Gasteiger partial charge in [-0.3, -0.25) is 9.59 Å². The molecular formula is C26H24N2O4. The van der Waals surface area contributed by atoms with E-state index in [4.69, 9.17) is 4.74 Å². The summed E-state index contributed by atoms with van der Waals surface area (Å²) in [6.45, 7) is 1.60. The lowest BCUT2D eigenvalue weighted by molar-refractivity contribution is -0.122. The molecule has 6 heteroatoms. The highest BCUT2D eigenvalue weighted by atomic mass is 16.5. The molecule has 4 rings (SSSR count). The van der Waals surface area contributed by atoms with Crippen LogP contribution in [0.2, 0.25) is 0 Å². The highest BCUT2D eigenvalue weighted by Gasteiger charge is 2.31. The number of nitrogens with zero attached hydrogens (tertiary/aromatic N) is 1. The van der Waals surface area contributed by atoms with Gasteiger partial charge in [-0.2, -0.15) is 0 Å². The van der Waals surface area contributed by atoms with Crippen molar-refractivity contribution < 1.29 is 19.1 Å². The van der Waals surface area contributed by atoms with E-state index in [1.165, 1.54) is 0 Å². The molecule has 1 atom stereocenters. The molecule has 1 aliphatic rings. The molecule has 1 aliphatic heterocycles. The minimum atomic E-state index is -0.658. The number of fused-ring (bicyclic) bond motifs is 1. The summed E-state index contributed by atoms with van der Waals surface area (Å²) >= 11 is 0. The fourth-order valence-electron chi connectivity index (χ4n) is 3.97. The van der Waals surface area contributed by atoms with Crippen LogP contribution in [0.1, 0.15) is 28.4 Å². The number of carbonyl (C=O) groups excluding carboxylic acids is 3. The number of hydrogen-bond acceptors (Lipinski definition) is 4. The van der Waals surface area contributed by atoms with Crippen LogP contribution in [0.15, 0.2) is 78.9 Å². The number of anilines is 2. The third-order valence-corrected chi connectivity index (χ3v) is 5.43. The zero-order valence-electron chi connectivity index (χ0n) is 17.8. The van der Waals surface area contributed by atoms with Crippen molar-refractivity contribution in [2.24, 2.45) is 0 Å². The highest BCUT2D eigenvalue weighted by Crippen LogP contribution is 2.31. The maximum atomic E-state index is 12.8. The van der Waals surface area contributed by atoms with Gasteiger partial charge in [-0.1, -0.05) is 60.7 Å². The highest BCUT2D eigenvalue weighted by molar-refractivity contribution is 6.03. The van der Waals surface area contributed by atoms with Gasteiger partial charge in [0.05, 0.1) is 17.7 Å². The van der Waals surface area contributed by atoms with Crippen LogP contribution in [-0.4, -0.2) is 30.4 Å². The Kier molecular flexibility index (Phi) is 6.31. The number of ether oxygens (including phenoxy) is 1. The first kappa shape index (κ1) is 21.3. The second-order valence-electron chi connectivity index (χ2n) is 7.78. The van der Waals surface area contributed by atoms with Crippen molar-refractivity contribution in [2.75, 3.05) is 16.8 Å². The number of benzene rings is 3. The molecule has 0 unspecified atom stereocenters. The van der Waals surface area contributed by atoms with E-state index in [1.807, 2.05) is 61.5 Å². The van der Waals surface area contributed by atoms with Gasteiger partial charge in [0, 0.05) is 11.7 Å². The van der Waals surface area contributed by atoms with E-state index in [1.54, 1.807) is 29.2 Å². The standard InChI is InChI=1S/C26H24N2O4/c1-18-15-20-11-5-8-14-23(20)28(18)25(30)17-32-26(31)21-12-6-7-13-22(21)27-24(29)16-19-9-3-2-4-10-19/h2-14,18H,15-17H2,1H3,(H,27,29)/t18-/m0/s1. The average Bonchev–Trinajstić information content (AvgIpc) is 3.14. The van der Waals surface area contributed by atoms with Crippen LogP contribution < -0.4 is 10.2 Å². The van der Waals surface area contributed by atoms with Gasteiger partial charge in [0.1, 0.15) is 0 Å². The molecule has 0 saturated carbocycles. The van der Waals surface area contributed by atoms with Gasteiger partial charge in [-0.15, -0.1) is 0 Å². The van der Waals surface area contributed by atoms with Crippen LogP contribution in [0.3, 0.4) is 0 Å². The lowest BCUT2D eigenvalue weighted by Gasteiger charge is -2.22. The summed E-state index contributed by atoms with van der Waals surface area (Å²) in [6.07, 6.45) is 0.959. The number of carbonyl (C=O) groups is 3. The van der Waals surface area contributed by atoms with E-state index >= 15 is 0 Å². The molecule has 6 nitrogen and oxygen atoms in total. The molecule has 0 saturated heterocycles. The quantitative estimate of drug-likeness (QED) is 0.602. The number of hydrogen-bond donors (Lipinski definition) is 1. The van der Waals surface area contributed by atoms with Crippen LogP contribution in [0.5, 0.6) is 0 Å². The van der Waals surface area contributed by atoms with Gasteiger partial charge in [-0.25, -0.2) is 4.79 Å². The van der Waals surface area contributed by atoms with Crippen LogP contribution in [0.25, 0.3) is 0 Å². The normalized spacial score (nSPS) is 14.5. The first-order valence-corrected chi connectivity index (χ1v) is 10.5. The Bertz CT molecular complexity index is 1140. The lowest BCUT2D eigenvalue weighted by atomic mass is 10.1. The summed E-state index contributed by atoms with van der Waals surface area (Å²) in [7, 11) is 0. The molecular weight excluding hydrogens is 404 g/mol. The largest absolute Gasteiger partial charge is 0.452 e. The molecule has 0 fully saturated rings. The van der Waals surface area contributed by atoms with Crippen molar-refractivity contribution in [3.05, 3.63) is 95.6 Å². The summed E-state index contributed by atoms with van der Waals surface area (Å²) in [5.41, 5.74) is 3.39. The van der Waals surface area contributed by atoms with Gasteiger partial charge in [0.15, 0.2) is 6.61 Å². The summed E-state index contributed by atoms with van der Waals surface area (Å²) < 4.78 is 5.32. The third kappa shape index (κ3) is 4.70. The molecule has 3 aromatic rings. The molecule has 1 heterocycles. The Labute approximate surface area is 186 Å². The number of nitrogens with one attached hydrogen (secondary N) is 1. The molecule has 3 aromatic carbocycles. The van der Waals surface area contributed by atoms with Gasteiger partial charge in [-0.05, 0) is 42.7 Å². The summed E-state index contributed by atoms with van der Waals surface area (Å²) in [6, 6.07) is 23.7. The smallest absolute Gasteiger partial charge is 0.340 e. The van der Waals surface area contributed by atoms with E-state index in [0.29, 0.717) is 5.69 Å². The summed E-state index contributed by atoms with van der Waals surface area (Å²) in [5, 5.41) is 2.77. The zero-order valence-corrected chi connectivity index (χ0v) is 17.8. The Hall–Kier alpha value is -3.93. The Balaban J connectivity index is 1.40. The van der Waals surface area contributed by atoms with Gasteiger partial charge < -0.3 is 15.0 Å². The third-order valence-electron chi connectivity index (χ3n) is 5.43. The molecule has 0 aliphatic carbocycles. The van der Waals surface area contributed by atoms with E-state index in [0.717, 1.165) is 23.2 Å². The van der Waals surface area contributed by atoms with Crippen LogP contribution in [0, 0.1) is 0 Å². The Morgan fingerprint density at radius 2 is 1.62 bits per heavy atom. The Morgan fingerprint density at radius 1 is 0.938 bits per heavy atom. The SMILES string of the molecule is C[C@H]1Cc2ccccc2N1C(=O)COC(=O)c1ccccc1NC(=O)Cc1ccccc1.